The van der Waals surface area contributed by atoms with Crippen LogP contribution in [-0.4, -0.2) is 105 Å². The number of nitrogens with zero attached hydrogens (tertiary/aromatic N) is 4. The molecular weight excluding hydrogens is 517 g/mol. The Bertz CT molecular complexity index is 676. The van der Waals surface area contributed by atoms with Crippen molar-refractivity contribution < 1.29 is 9.47 Å². The first kappa shape index (κ1) is 27.3. The number of likely N-dealkylation sites (tertiary alicyclic amines) is 1. The van der Waals surface area contributed by atoms with Gasteiger partial charge >= 0.3 is 0 Å². The van der Waals surface area contributed by atoms with Crippen LogP contribution in [0.4, 0.5) is 0 Å². The minimum atomic E-state index is 0. The van der Waals surface area contributed by atoms with Crippen LogP contribution in [0.3, 0.4) is 0 Å². The predicted octanol–water partition coefficient (Wildman–Crippen LogP) is 2.51. The van der Waals surface area contributed by atoms with Gasteiger partial charge in [-0.3, -0.25) is 9.89 Å². The van der Waals surface area contributed by atoms with Crippen LogP contribution >= 0.6 is 24.0 Å². The molecule has 3 rings (SSSR count). The molecule has 0 spiro atoms. The monoisotopic (exact) mass is 559 g/mol. The van der Waals surface area contributed by atoms with Crippen LogP contribution in [0.5, 0.6) is 0 Å². The Morgan fingerprint density at radius 3 is 2.72 bits per heavy atom. The Morgan fingerprint density at radius 1 is 1.25 bits per heavy atom. The second-order valence-electron chi connectivity index (χ2n) is 8.70. The molecule has 0 saturated carbocycles. The number of nitrogens with one attached hydrogen (secondary N) is 1. The van der Waals surface area contributed by atoms with E-state index in [0.717, 1.165) is 64.9 Å². The van der Waals surface area contributed by atoms with Crippen molar-refractivity contribution in [3.8, 4) is 0 Å². The highest BCUT2D eigenvalue weighted by Gasteiger charge is 2.41. The molecule has 2 aliphatic heterocycles. The number of aliphatic imine (C=N–C) groups is 1. The predicted molar refractivity (Wildman–Crippen MR) is 142 cm³/mol. The summed E-state index contributed by atoms with van der Waals surface area (Å²) in [4.78, 5) is 12.1. The van der Waals surface area contributed by atoms with E-state index in [4.69, 9.17) is 14.5 Å². The summed E-state index contributed by atoms with van der Waals surface area (Å²) in [5, 5.41) is 3.50. The minimum Gasteiger partial charge on any atom is -0.377 e. The summed E-state index contributed by atoms with van der Waals surface area (Å²) < 4.78 is 12.1. The molecule has 2 heterocycles. The average molecular weight is 560 g/mol. The summed E-state index contributed by atoms with van der Waals surface area (Å²) in [6.45, 7) is 12.0. The van der Waals surface area contributed by atoms with Crippen molar-refractivity contribution in [2.45, 2.75) is 45.1 Å². The summed E-state index contributed by atoms with van der Waals surface area (Å²) in [6, 6.07) is 11.1. The number of guanidine groups is 1. The molecule has 1 aromatic carbocycles. The molecule has 8 heteroatoms. The highest BCUT2D eigenvalue weighted by molar-refractivity contribution is 14.0. The molecule has 2 fully saturated rings. The number of ether oxygens (including phenoxy) is 2. The lowest BCUT2D eigenvalue weighted by Crippen LogP contribution is -2.50. The Balaban J connectivity index is 0.00000363. The van der Waals surface area contributed by atoms with Crippen molar-refractivity contribution in [3.05, 3.63) is 35.9 Å². The third kappa shape index (κ3) is 8.13. The van der Waals surface area contributed by atoms with Crippen molar-refractivity contribution in [2.24, 2.45) is 4.99 Å². The van der Waals surface area contributed by atoms with E-state index in [1.165, 1.54) is 5.56 Å². The first-order valence-corrected chi connectivity index (χ1v) is 11.8. The second kappa shape index (κ2) is 14.3. The van der Waals surface area contributed by atoms with E-state index in [1.54, 1.807) is 0 Å². The van der Waals surface area contributed by atoms with Crippen molar-refractivity contribution >= 4 is 29.9 Å². The van der Waals surface area contributed by atoms with Gasteiger partial charge in [-0.05, 0) is 39.9 Å². The smallest absolute Gasteiger partial charge is 0.194 e. The van der Waals surface area contributed by atoms with Gasteiger partial charge in [-0.15, -0.1) is 24.0 Å². The normalized spacial score (nSPS) is 22.5. The van der Waals surface area contributed by atoms with Gasteiger partial charge < -0.3 is 24.6 Å². The van der Waals surface area contributed by atoms with Gasteiger partial charge in [0.25, 0.3) is 0 Å². The number of hydrogen-bond acceptors (Lipinski definition) is 5. The number of rotatable bonds is 10. The molecule has 0 aliphatic carbocycles. The maximum atomic E-state index is 6.16. The molecule has 7 nitrogen and oxygen atoms in total. The third-order valence-electron chi connectivity index (χ3n) is 6.02. The van der Waals surface area contributed by atoms with Crippen molar-refractivity contribution in [2.75, 3.05) is 66.6 Å². The molecule has 182 valence electrons. The van der Waals surface area contributed by atoms with E-state index >= 15 is 0 Å². The summed E-state index contributed by atoms with van der Waals surface area (Å²) in [5.41, 5.74) is 1.36. The Hall–Kier alpha value is -0.940. The van der Waals surface area contributed by atoms with Gasteiger partial charge in [0.2, 0.25) is 0 Å². The first-order chi connectivity index (χ1) is 15.1. The van der Waals surface area contributed by atoms with Gasteiger partial charge in [0.05, 0.1) is 31.4 Å². The fourth-order valence-corrected chi connectivity index (χ4v) is 4.42. The lowest BCUT2D eigenvalue weighted by Gasteiger charge is -2.36. The molecule has 0 bridgehead atoms. The largest absolute Gasteiger partial charge is 0.377 e. The molecule has 1 aromatic rings. The van der Waals surface area contributed by atoms with E-state index in [2.05, 4.69) is 78.3 Å². The van der Waals surface area contributed by atoms with Crippen LogP contribution in [0.15, 0.2) is 35.3 Å². The van der Waals surface area contributed by atoms with Gasteiger partial charge in [-0.25, -0.2) is 0 Å². The maximum absolute atomic E-state index is 6.16. The highest BCUT2D eigenvalue weighted by Crippen LogP contribution is 2.24. The number of fused-ring (bicyclic) bond motifs is 1. The zero-order valence-corrected chi connectivity index (χ0v) is 22.5. The molecule has 1 N–H and O–H groups in total. The topological polar surface area (TPSA) is 52.6 Å². The van der Waals surface area contributed by atoms with Crippen LogP contribution in [0.1, 0.15) is 25.8 Å². The van der Waals surface area contributed by atoms with Crippen molar-refractivity contribution in [1.82, 2.24) is 20.0 Å². The zero-order valence-electron chi connectivity index (χ0n) is 20.2. The Labute approximate surface area is 211 Å². The molecule has 32 heavy (non-hydrogen) atoms. The van der Waals surface area contributed by atoms with Crippen LogP contribution in [0.2, 0.25) is 0 Å². The van der Waals surface area contributed by atoms with E-state index in [9.17, 15) is 0 Å². The molecule has 2 aliphatic rings. The molecule has 0 aromatic heterocycles. The minimum absolute atomic E-state index is 0. The number of hydrogen-bond donors (Lipinski definition) is 1. The van der Waals surface area contributed by atoms with E-state index in [0.29, 0.717) is 12.6 Å². The lowest BCUT2D eigenvalue weighted by atomic mass is 10.1. The summed E-state index contributed by atoms with van der Waals surface area (Å²) in [7, 11) is 4.20. The third-order valence-corrected chi connectivity index (χ3v) is 6.02. The zero-order chi connectivity index (χ0) is 22.1. The van der Waals surface area contributed by atoms with Crippen LogP contribution < -0.4 is 5.32 Å². The average Bonchev–Trinajstić information content (AvgIpc) is 3.20. The van der Waals surface area contributed by atoms with Crippen LogP contribution in [-0.2, 0) is 16.0 Å². The summed E-state index contributed by atoms with van der Waals surface area (Å²) >= 11 is 0. The number of halogens is 1. The Kier molecular flexibility index (Phi) is 12.2. The summed E-state index contributed by atoms with van der Waals surface area (Å²) in [5.74, 6) is 0.981. The molecule has 0 radical (unpaired) electrons. The van der Waals surface area contributed by atoms with Gasteiger partial charge in [0.15, 0.2) is 5.96 Å². The molecule has 2 saturated heterocycles. The SMILES string of the molecule is CCNC(=NCC(CCN(C)C)OCC)N1CC2OCCN(Cc3ccccc3)C2C1.I. The van der Waals surface area contributed by atoms with Crippen molar-refractivity contribution in [1.29, 1.82) is 0 Å². The van der Waals surface area contributed by atoms with E-state index < -0.39 is 0 Å². The fourth-order valence-electron chi connectivity index (χ4n) is 4.42. The first-order valence-electron chi connectivity index (χ1n) is 11.8. The van der Waals surface area contributed by atoms with Crippen LogP contribution in [0, 0.1) is 0 Å². The van der Waals surface area contributed by atoms with Crippen LogP contribution in [0.25, 0.3) is 0 Å². The Morgan fingerprint density at radius 2 is 2.03 bits per heavy atom. The van der Waals surface area contributed by atoms with E-state index in [-0.39, 0.29) is 36.2 Å². The van der Waals surface area contributed by atoms with Gasteiger partial charge in [0, 0.05) is 45.9 Å². The second-order valence-corrected chi connectivity index (χ2v) is 8.70. The highest BCUT2D eigenvalue weighted by atomic mass is 127. The molecule has 3 unspecified atom stereocenters. The molecular formula is C24H42IN5O2. The van der Waals surface area contributed by atoms with Gasteiger partial charge in [0.1, 0.15) is 0 Å². The van der Waals surface area contributed by atoms with E-state index in [1.807, 2.05) is 0 Å². The quantitative estimate of drug-likeness (QED) is 0.270. The number of benzene rings is 1. The maximum Gasteiger partial charge on any atom is 0.194 e. The lowest BCUT2D eigenvalue weighted by molar-refractivity contribution is -0.0502. The van der Waals surface area contributed by atoms with Gasteiger partial charge in [-0.1, -0.05) is 30.3 Å². The number of morpholine rings is 1. The standard InChI is InChI=1S/C24H41N5O2.HI/c1-5-25-24(26-16-21(30-6-2)12-13-27(3)4)29-18-22-23(19-29)31-15-14-28(22)17-20-10-8-7-9-11-20;/h7-11,21-23H,5-6,12-19H2,1-4H3,(H,25,26);1H. The molecule has 3 atom stereocenters. The van der Waals surface area contributed by atoms with Gasteiger partial charge in [-0.2, -0.15) is 0 Å². The van der Waals surface area contributed by atoms with Crippen molar-refractivity contribution in [3.63, 3.8) is 0 Å². The summed E-state index contributed by atoms with van der Waals surface area (Å²) in [6.07, 6.45) is 1.37. The molecule has 0 amide bonds. The fraction of sp³-hybridized carbons (Fsp3) is 0.708.